The van der Waals surface area contributed by atoms with Gasteiger partial charge in [-0.1, -0.05) is 78.9 Å². The lowest BCUT2D eigenvalue weighted by atomic mass is 9.98. The molecule has 0 radical (unpaired) electrons. The minimum atomic E-state index is -0.986. The Morgan fingerprint density at radius 1 is 1.00 bits per heavy atom. The van der Waals surface area contributed by atoms with Gasteiger partial charge in [-0.2, -0.15) is 0 Å². The van der Waals surface area contributed by atoms with Crippen molar-refractivity contribution < 1.29 is 29.0 Å². The number of hydrogen-bond acceptors (Lipinski definition) is 6. The van der Waals surface area contributed by atoms with Gasteiger partial charge in [0.2, 0.25) is 5.91 Å². The van der Waals surface area contributed by atoms with Crippen LogP contribution < -0.4 is 5.32 Å². The molecule has 9 heteroatoms. The molecule has 2 N–H and O–H groups in total. The number of hydrogen-bond donors (Lipinski definition) is 2. The molecule has 2 unspecified atom stereocenters. The van der Waals surface area contributed by atoms with E-state index < -0.39 is 24.2 Å². The summed E-state index contributed by atoms with van der Waals surface area (Å²) in [5, 5.41) is 12.0. The number of fused-ring (bicyclic) bond motifs is 3. The highest BCUT2D eigenvalue weighted by Gasteiger charge is 2.33. The first-order valence-corrected chi connectivity index (χ1v) is 13.8. The zero-order valence-electron chi connectivity index (χ0n) is 23.1. The van der Waals surface area contributed by atoms with E-state index in [-0.39, 0.29) is 44.5 Å². The van der Waals surface area contributed by atoms with Crippen molar-refractivity contribution in [2.45, 2.75) is 31.0 Å². The molecular formula is C32H35N3O6. The monoisotopic (exact) mass is 557 g/mol. The van der Waals surface area contributed by atoms with Gasteiger partial charge in [-0.25, -0.2) is 4.79 Å². The average molecular weight is 558 g/mol. The van der Waals surface area contributed by atoms with E-state index in [9.17, 15) is 19.5 Å². The van der Waals surface area contributed by atoms with E-state index in [4.69, 9.17) is 9.47 Å². The van der Waals surface area contributed by atoms with Crippen molar-refractivity contribution in [3.8, 4) is 11.1 Å². The number of rotatable bonds is 10. The summed E-state index contributed by atoms with van der Waals surface area (Å²) in [6, 6.07) is 25.2. The van der Waals surface area contributed by atoms with Gasteiger partial charge < -0.3 is 24.8 Å². The second kappa shape index (κ2) is 13.0. The van der Waals surface area contributed by atoms with Gasteiger partial charge in [0.15, 0.2) is 0 Å². The van der Waals surface area contributed by atoms with Gasteiger partial charge in [-0.3, -0.25) is 14.5 Å². The van der Waals surface area contributed by atoms with E-state index in [1.165, 1.54) is 0 Å². The summed E-state index contributed by atoms with van der Waals surface area (Å²) in [7, 11) is 1.89. The normalized spacial score (nSPS) is 17.0. The van der Waals surface area contributed by atoms with Crippen molar-refractivity contribution in [1.29, 1.82) is 0 Å². The Balaban J connectivity index is 1.27. The third-order valence-electron chi connectivity index (χ3n) is 7.58. The van der Waals surface area contributed by atoms with Crippen LogP contribution in [0.2, 0.25) is 0 Å². The summed E-state index contributed by atoms with van der Waals surface area (Å²) in [5.74, 6) is -1.38. The molecule has 5 rings (SSSR count). The van der Waals surface area contributed by atoms with Crippen molar-refractivity contribution in [2.75, 3.05) is 39.9 Å². The number of likely N-dealkylation sites (N-methyl/N-ethyl adjacent to an activating group) is 1. The van der Waals surface area contributed by atoms with Crippen molar-refractivity contribution >= 4 is 18.0 Å². The minimum Gasteiger partial charge on any atom is -0.481 e. The second-order valence-electron chi connectivity index (χ2n) is 10.6. The van der Waals surface area contributed by atoms with Crippen molar-refractivity contribution in [3.63, 3.8) is 0 Å². The number of ether oxygens (including phenoxy) is 2. The number of amides is 2. The van der Waals surface area contributed by atoms with Gasteiger partial charge in [-0.05, 0) is 34.9 Å². The van der Waals surface area contributed by atoms with Crippen LogP contribution in [0.5, 0.6) is 0 Å². The molecule has 2 aliphatic rings. The van der Waals surface area contributed by atoms with Crippen LogP contribution in [0.4, 0.5) is 4.79 Å². The topological polar surface area (TPSA) is 108 Å². The number of nitrogens with zero attached hydrogens (tertiary/aromatic N) is 2. The number of carboxylic acids is 1. The largest absolute Gasteiger partial charge is 0.481 e. The zero-order valence-corrected chi connectivity index (χ0v) is 23.1. The molecule has 2 atom stereocenters. The second-order valence-corrected chi connectivity index (χ2v) is 10.6. The van der Waals surface area contributed by atoms with E-state index in [0.717, 1.165) is 27.8 Å². The highest BCUT2D eigenvalue weighted by Crippen LogP contribution is 2.44. The Morgan fingerprint density at radius 2 is 1.63 bits per heavy atom. The molecule has 3 aromatic carbocycles. The average Bonchev–Trinajstić information content (AvgIpc) is 3.29. The van der Waals surface area contributed by atoms with Crippen LogP contribution >= 0.6 is 0 Å². The maximum atomic E-state index is 13.7. The molecule has 1 saturated heterocycles. The fourth-order valence-corrected chi connectivity index (χ4v) is 5.70. The molecule has 9 nitrogen and oxygen atoms in total. The third-order valence-corrected chi connectivity index (χ3v) is 7.58. The van der Waals surface area contributed by atoms with Crippen LogP contribution in [0.15, 0.2) is 78.9 Å². The van der Waals surface area contributed by atoms with Crippen molar-refractivity contribution in [1.82, 2.24) is 15.1 Å². The van der Waals surface area contributed by atoms with Gasteiger partial charge >= 0.3 is 12.1 Å². The van der Waals surface area contributed by atoms with Crippen LogP contribution in [-0.2, 0) is 25.6 Å². The highest BCUT2D eigenvalue weighted by atomic mass is 16.5. The summed E-state index contributed by atoms with van der Waals surface area (Å²) in [5.41, 5.74) is 5.56. The van der Waals surface area contributed by atoms with Gasteiger partial charge in [0.1, 0.15) is 12.6 Å². The van der Waals surface area contributed by atoms with Gasteiger partial charge in [0, 0.05) is 32.1 Å². The number of carbonyl (C=O) groups is 3. The molecule has 0 aromatic heterocycles. The molecule has 0 spiro atoms. The lowest BCUT2D eigenvalue weighted by molar-refractivity contribution is -0.148. The summed E-state index contributed by atoms with van der Waals surface area (Å²) in [4.78, 5) is 41.6. The molecule has 1 heterocycles. The maximum Gasteiger partial charge on any atom is 0.407 e. The zero-order chi connectivity index (χ0) is 28.8. The molecule has 0 saturated carbocycles. The molecule has 2 amide bonds. The van der Waals surface area contributed by atoms with E-state index in [2.05, 4.69) is 29.6 Å². The highest BCUT2D eigenvalue weighted by molar-refractivity contribution is 5.86. The maximum absolute atomic E-state index is 13.7. The number of aliphatic carboxylic acids is 1. The lowest BCUT2D eigenvalue weighted by Gasteiger charge is -2.35. The molecule has 1 aliphatic heterocycles. The molecule has 0 bridgehead atoms. The van der Waals surface area contributed by atoms with Crippen LogP contribution in [0.3, 0.4) is 0 Å². The van der Waals surface area contributed by atoms with E-state index in [0.29, 0.717) is 13.1 Å². The molecule has 41 heavy (non-hydrogen) atoms. The number of nitrogens with one attached hydrogen (secondary N) is 1. The van der Waals surface area contributed by atoms with Gasteiger partial charge in [0.05, 0.1) is 19.1 Å². The predicted molar refractivity (Wildman–Crippen MR) is 153 cm³/mol. The molecular weight excluding hydrogens is 522 g/mol. The molecule has 1 aliphatic carbocycles. The first-order valence-electron chi connectivity index (χ1n) is 13.8. The van der Waals surface area contributed by atoms with E-state index in [1.54, 1.807) is 4.90 Å². The van der Waals surface area contributed by atoms with Gasteiger partial charge in [-0.15, -0.1) is 0 Å². The number of morpholine rings is 1. The Hall–Kier alpha value is -4.21. The summed E-state index contributed by atoms with van der Waals surface area (Å²) in [6.45, 7) is 1.68. The first kappa shape index (κ1) is 28.3. The molecule has 3 aromatic rings. The number of alkyl carbamates (subject to hydrolysis) is 1. The quantitative estimate of drug-likeness (QED) is 0.391. The first-order chi connectivity index (χ1) is 19.9. The van der Waals surface area contributed by atoms with Gasteiger partial charge in [0.25, 0.3) is 0 Å². The fraction of sp³-hybridized carbons (Fsp3) is 0.344. The Labute approximate surface area is 239 Å². The number of benzene rings is 3. The Morgan fingerprint density at radius 3 is 2.29 bits per heavy atom. The van der Waals surface area contributed by atoms with Crippen molar-refractivity contribution in [3.05, 3.63) is 95.6 Å². The lowest BCUT2D eigenvalue weighted by Crippen LogP contribution is -2.57. The third kappa shape index (κ3) is 6.93. The van der Waals surface area contributed by atoms with E-state index in [1.807, 2.05) is 66.5 Å². The Bertz CT molecular complexity index is 1340. The minimum absolute atomic E-state index is 0.0981. The Kier molecular flexibility index (Phi) is 8.96. The fourth-order valence-electron chi connectivity index (χ4n) is 5.70. The van der Waals surface area contributed by atoms with Crippen LogP contribution in [0, 0.1) is 0 Å². The number of carboxylic acid groups (broad SMARTS) is 1. The molecule has 1 fully saturated rings. The van der Waals surface area contributed by atoms with E-state index >= 15 is 0 Å². The number of carbonyl (C=O) groups excluding carboxylic acids is 2. The summed E-state index contributed by atoms with van der Waals surface area (Å²) in [6.07, 6.45) is -1.46. The van der Waals surface area contributed by atoms with Crippen LogP contribution in [0.25, 0.3) is 11.1 Å². The standard InChI is InChI=1S/C32H35N3O6/c1-34(18-22-9-3-2-4-10-22)20-29(31(38)35-15-16-40-23(19-35)17-30(36)37)33-32(39)41-21-28-26-13-7-5-11-24(26)25-12-6-8-14-27(25)28/h2-14,23,28-29H,15-21H2,1H3,(H,33,39)(H,36,37). The van der Waals surface area contributed by atoms with Crippen molar-refractivity contribution in [2.24, 2.45) is 0 Å². The SMILES string of the molecule is CN(Cc1ccccc1)CC(NC(=O)OCC1c2ccccc2-c2ccccc21)C(=O)N1CCOC(CC(=O)O)C1. The summed E-state index contributed by atoms with van der Waals surface area (Å²) >= 11 is 0. The summed E-state index contributed by atoms with van der Waals surface area (Å²) < 4.78 is 11.3. The molecule has 214 valence electrons. The van der Waals surface area contributed by atoms with Crippen LogP contribution in [-0.4, -0.2) is 84.9 Å². The predicted octanol–water partition coefficient (Wildman–Crippen LogP) is 3.73. The smallest absolute Gasteiger partial charge is 0.407 e. The van der Waals surface area contributed by atoms with Crippen LogP contribution in [0.1, 0.15) is 29.0 Å².